The molecule has 3 heterocycles. The predicted molar refractivity (Wildman–Crippen MR) is 131 cm³/mol. The van der Waals surface area contributed by atoms with Gasteiger partial charge in [-0.1, -0.05) is 17.4 Å². The summed E-state index contributed by atoms with van der Waals surface area (Å²) >= 11 is 4.39. The zero-order chi connectivity index (χ0) is 22.7. The summed E-state index contributed by atoms with van der Waals surface area (Å²) in [6, 6.07) is 9.18. The molecule has 1 aromatic carbocycles. The van der Waals surface area contributed by atoms with Gasteiger partial charge in [-0.2, -0.15) is 21.1 Å². The van der Waals surface area contributed by atoms with Crippen molar-refractivity contribution in [3.8, 4) is 5.75 Å². The van der Waals surface area contributed by atoms with Crippen LogP contribution in [0.25, 0.3) is 10.2 Å². The molecule has 0 radical (unpaired) electrons. The third-order valence-electron chi connectivity index (χ3n) is 5.44. The highest BCUT2D eigenvalue weighted by Crippen LogP contribution is 2.27. The SMILES string of the molecule is COc1ccc2c(c1)sc(=NC(=O)C1CCCN(S(=O)(=O)c3cccs3)C1)n2CCSC. The van der Waals surface area contributed by atoms with E-state index in [0.717, 1.165) is 28.3 Å². The largest absolute Gasteiger partial charge is 0.497 e. The number of hydrogen-bond donors (Lipinski definition) is 0. The molecule has 3 aromatic rings. The molecule has 1 atom stereocenters. The Balaban J connectivity index is 1.63. The first-order chi connectivity index (χ1) is 15.4. The van der Waals surface area contributed by atoms with Crippen LogP contribution in [0, 0.1) is 5.92 Å². The number of amides is 1. The number of fused-ring (bicyclic) bond motifs is 1. The summed E-state index contributed by atoms with van der Waals surface area (Å²) in [5.74, 6) is 0.963. The third kappa shape index (κ3) is 4.81. The normalized spacial score (nSPS) is 18.3. The van der Waals surface area contributed by atoms with Gasteiger partial charge in [-0.3, -0.25) is 4.79 Å². The molecular formula is C21H25N3O4S4. The molecule has 7 nitrogen and oxygen atoms in total. The minimum atomic E-state index is -3.57. The summed E-state index contributed by atoms with van der Waals surface area (Å²) in [5.41, 5.74) is 1.02. The number of benzene rings is 1. The first-order valence-corrected chi connectivity index (χ1v) is 14.8. The lowest BCUT2D eigenvalue weighted by Gasteiger charge is -2.29. The van der Waals surface area contributed by atoms with Crippen molar-refractivity contribution in [3.63, 3.8) is 0 Å². The number of nitrogens with zero attached hydrogens (tertiary/aromatic N) is 3. The Labute approximate surface area is 199 Å². The number of thioether (sulfide) groups is 1. The molecule has 32 heavy (non-hydrogen) atoms. The van der Waals surface area contributed by atoms with Crippen molar-refractivity contribution in [2.24, 2.45) is 10.9 Å². The van der Waals surface area contributed by atoms with Crippen molar-refractivity contribution in [1.29, 1.82) is 0 Å². The van der Waals surface area contributed by atoms with Gasteiger partial charge in [-0.15, -0.1) is 11.3 Å². The van der Waals surface area contributed by atoms with E-state index >= 15 is 0 Å². The monoisotopic (exact) mass is 511 g/mol. The van der Waals surface area contributed by atoms with Crippen LogP contribution < -0.4 is 9.54 Å². The lowest BCUT2D eigenvalue weighted by molar-refractivity contribution is -0.122. The van der Waals surface area contributed by atoms with E-state index in [0.29, 0.717) is 28.4 Å². The molecule has 1 unspecified atom stereocenters. The molecule has 0 aliphatic carbocycles. The average molecular weight is 512 g/mol. The summed E-state index contributed by atoms with van der Waals surface area (Å²) in [6.45, 7) is 1.34. The maximum absolute atomic E-state index is 13.1. The molecular weight excluding hydrogens is 487 g/mol. The van der Waals surface area contributed by atoms with Gasteiger partial charge in [0.15, 0.2) is 4.80 Å². The number of methoxy groups -OCH3 is 1. The number of piperidine rings is 1. The number of carbonyl (C=O) groups is 1. The first-order valence-electron chi connectivity index (χ1n) is 10.2. The van der Waals surface area contributed by atoms with Crippen LogP contribution in [-0.2, 0) is 21.4 Å². The molecule has 1 aliphatic rings. The third-order valence-corrected chi connectivity index (χ3v) is 10.3. The van der Waals surface area contributed by atoms with Crippen LogP contribution in [-0.4, -0.2) is 55.4 Å². The second-order valence-corrected chi connectivity index (χ2v) is 12.6. The molecule has 1 aliphatic heterocycles. The fourth-order valence-electron chi connectivity index (χ4n) is 3.75. The molecule has 0 bridgehead atoms. The molecule has 1 saturated heterocycles. The van der Waals surface area contributed by atoms with Gasteiger partial charge in [0.1, 0.15) is 9.96 Å². The van der Waals surface area contributed by atoms with Crippen LogP contribution in [0.2, 0.25) is 0 Å². The Hall–Kier alpha value is -1.66. The highest BCUT2D eigenvalue weighted by atomic mass is 32.2. The highest BCUT2D eigenvalue weighted by Gasteiger charge is 2.33. The number of thiophene rings is 1. The summed E-state index contributed by atoms with van der Waals surface area (Å²) in [4.78, 5) is 18.3. The van der Waals surface area contributed by atoms with Gasteiger partial charge in [-0.05, 0) is 48.7 Å². The first kappa shape index (κ1) is 23.5. The fraction of sp³-hybridized carbons (Fsp3) is 0.429. The van der Waals surface area contributed by atoms with Gasteiger partial charge in [0.2, 0.25) is 0 Å². The topological polar surface area (TPSA) is 81.0 Å². The molecule has 2 aromatic heterocycles. The number of aryl methyl sites for hydroxylation is 1. The number of thiazole rings is 1. The Morgan fingerprint density at radius 3 is 2.91 bits per heavy atom. The Bertz CT molecular complexity index is 1260. The van der Waals surface area contributed by atoms with Crippen molar-refractivity contribution in [2.75, 3.05) is 32.2 Å². The number of ether oxygens (including phenoxy) is 1. The van der Waals surface area contributed by atoms with E-state index in [-0.39, 0.29) is 12.5 Å². The van der Waals surface area contributed by atoms with E-state index in [1.807, 2.05) is 24.5 Å². The van der Waals surface area contributed by atoms with Crippen LogP contribution in [0.5, 0.6) is 5.75 Å². The molecule has 0 saturated carbocycles. The average Bonchev–Trinajstić information content (AvgIpc) is 3.46. The number of hydrogen-bond acceptors (Lipinski definition) is 7. The summed E-state index contributed by atoms with van der Waals surface area (Å²) in [5, 5.41) is 1.75. The quantitative estimate of drug-likeness (QED) is 0.484. The van der Waals surface area contributed by atoms with Crippen LogP contribution in [0.15, 0.2) is 44.9 Å². The second kappa shape index (κ2) is 10.1. The van der Waals surface area contributed by atoms with Gasteiger partial charge in [0, 0.05) is 25.4 Å². The van der Waals surface area contributed by atoms with Gasteiger partial charge >= 0.3 is 0 Å². The molecule has 4 rings (SSSR count). The Morgan fingerprint density at radius 2 is 2.19 bits per heavy atom. The standard InChI is InChI=1S/C21H25N3O4S4/c1-28-16-7-8-17-18(13-16)31-21(24(17)10-12-29-2)22-20(25)15-5-3-9-23(14-15)32(26,27)19-6-4-11-30-19/h4,6-8,11,13,15H,3,5,9-10,12,14H2,1-2H3. The number of aromatic nitrogens is 1. The molecule has 11 heteroatoms. The van der Waals surface area contributed by atoms with E-state index in [2.05, 4.69) is 9.56 Å². The van der Waals surface area contributed by atoms with Crippen LogP contribution in [0.1, 0.15) is 12.8 Å². The number of rotatable bonds is 7. The van der Waals surface area contributed by atoms with Crippen LogP contribution in [0.4, 0.5) is 0 Å². The van der Waals surface area contributed by atoms with Crippen molar-refractivity contribution < 1.29 is 17.9 Å². The van der Waals surface area contributed by atoms with Crippen molar-refractivity contribution in [2.45, 2.75) is 23.6 Å². The van der Waals surface area contributed by atoms with Crippen LogP contribution >= 0.6 is 34.4 Å². The van der Waals surface area contributed by atoms with E-state index < -0.39 is 15.9 Å². The molecule has 172 valence electrons. The summed E-state index contributed by atoms with van der Waals surface area (Å²) < 4.78 is 36.0. The zero-order valence-electron chi connectivity index (χ0n) is 17.9. The molecule has 0 spiro atoms. The zero-order valence-corrected chi connectivity index (χ0v) is 21.2. The molecule has 1 amide bonds. The van der Waals surface area contributed by atoms with Crippen molar-refractivity contribution in [3.05, 3.63) is 40.5 Å². The highest BCUT2D eigenvalue weighted by molar-refractivity contribution is 7.98. The maximum Gasteiger partial charge on any atom is 0.252 e. The summed E-state index contributed by atoms with van der Waals surface area (Å²) in [7, 11) is -1.94. The van der Waals surface area contributed by atoms with E-state index in [1.54, 1.807) is 36.4 Å². The number of carbonyl (C=O) groups excluding carboxylic acids is 1. The van der Waals surface area contributed by atoms with Crippen molar-refractivity contribution in [1.82, 2.24) is 8.87 Å². The second-order valence-electron chi connectivity index (χ2n) is 7.45. The lowest BCUT2D eigenvalue weighted by atomic mass is 9.99. The Kier molecular flexibility index (Phi) is 7.40. The fourth-order valence-corrected chi connectivity index (χ4v) is 7.87. The minimum absolute atomic E-state index is 0.173. The van der Waals surface area contributed by atoms with E-state index in [1.165, 1.54) is 27.0 Å². The van der Waals surface area contributed by atoms with Gasteiger partial charge in [0.25, 0.3) is 15.9 Å². The van der Waals surface area contributed by atoms with E-state index in [4.69, 9.17) is 4.74 Å². The lowest BCUT2D eigenvalue weighted by Crippen LogP contribution is -2.42. The minimum Gasteiger partial charge on any atom is -0.497 e. The molecule has 1 fully saturated rings. The smallest absolute Gasteiger partial charge is 0.252 e. The summed E-state index contributed by atoms with van der Waals surface area (Å²) in [6.07, 6.45) is 3.33. The predicted octanol–water partition coefficient (Wildman–Crippen LogP) is 3.66. The van der Waals surface area contributed by atoms with Crippen LogP contribution in [0.3, 0.4) is 0 Å². The Morgan fingerprint density at radius 1 is 1.34 bits per heavy atom. The molecule has 0 N–H and O–H groups in total. The van der Waals surface area contributed by atoms with Gasteiger partial charge in [-0.25, -0.2) is 8.42 Å². The van der Waals surface area contributed by atoms with E-state index in [9.17, 15) is 13.2 Å². The maximum atomic E-state index is 13.1. The van der Waals surface area contributed by atoms with Gasteiger partial charge in [0.05, 0.1) is 23.2 Å². The van der Waals surface area contributed by atoms with Gasteiger partial charge < -0.3 is 9.30 Å². The number of sulfonamides is 1. The van der Waals surface area contributed by atoms with Crippen molar-refractivity contribution >= 4 is 60.6 Å².